The number of carbonyl (C=O) groups excluding carboxylic acids is 1. The number of hydrogen-bond acceptors (Lipinski definition) is 1. The predicted octanol–water partition coefficient (Wildman–Crippen LogP) is 5.51. The van der Waals surface area contributed by atoms with Crippen molar-refractivity contribution in [2.24, 2.45) is 13.0 Å². The van der Waals surface area contributed by atoms with Gasteiger partial charge in [0.25, 0.3) is 0 Å². The molecule has 4 heteroatoms. The average molecular weight is 383 g/mol. The first kappa shape index (κ1) is 19.5. The Labute approximate surface area is 166 Å². The van der Waals surface area contributed by atoms with Gasteiger partial charge in [0.15, 0.2) is 0 Å². The number of nitrogens with zero attached hydrogens (tertiary/aromatic N) is 1. The fourth-order valence-electron chi connectivity index (χ4n) is 3.42. The van der Waals surface area contributed by atoms with E-state index in [1.165, 1.54) is 16.5 Å². The van der Waals surface area contributed by atoms with Crippen LogP contribution in [-0.4, -0.2) is 16.5 Å². The zero-order valence-electron chi connectivity index (χ0n) is 16.4. The molecule has 3 nitrogen and oxygen atoms in total. The smallest absolute Gasteiger partial charge is 0.221 e. The molecule has 27 heavy (non-hydrogen) atoms. The summed E-state index contributed by atoms with van der Waals surface area (Å²) in [6.07, 6.45) is 2.55. The van der Waals surface area contributed by atoms with E-state index in [2.05, 4.69) is 49.0 Å². The van der Waals surface area contributed by atoms with E-state index in [-0.39, 0.29) is 17.9 Å². The number of aryl methyl sites for hydroxylation is 1. The molecule has 0 saturated heterocycles. The largest absolute Gasteiger partial charge is 0.353 e. The lowest BCUT2D eigenvalue weighted by Crippen LogP contribution is -2.36. The molecule has 2 unspecified atom stereocenters. The van der Waals surface area contributed by atoms with E-state index in [0.29, 0.717) is 17.4 Å². The predicted molar refractivity (Wildman–Crippen MR) is 113 cm³/mol. The number of rotatable bonds is 6. The summed E-state index contributed by atoms with van der Waals surface area (Å²) in [7, 11) is 2.05. The van der Waals surface area contributed by atoms with Crippen molar-refractivity contribution in [1.82, 2.24) is 9.88 Å². The Kier molecular flexibility index (Phi) is 5.91. The van der Waals surface area contributed by atoms with E-state index in [9.17, 15) is 4.79 Å². The fraction of sp³-hybridized carbons (Fsp3) is 0.348. The normalized spacial score (nSPS) is 13.7. The summed E-state index contributed by atoms with van der Waals surface area (Å²) in [6, 6.07) is 16.3. The van der Waals surface area contributed by atoms with Gasteiger partial charge in [-0.1, -0.05) is 55.8 Å². The van der Waals surface area contributed by atoms with Crippen molar-refractivity contribution in [3.63, 3.8) is 0 Å². The molecule has 1 heterocycles. The molecule has 3 aromatic rings. The number of fused-ring (bicyclic) bond motifs is 1. The third-order valence-corrected chi connectivity index (χ3v) is 5.61. The fourth-order valence-corrected chi connectivity index (χ4v) is 3.54. The van der Waals surface area contributed by atoms with Crippen LogP contribution in [0, 0.1) is 5.92 Å². The summed E-state index contributed by atoms with van der Waals surface area (Å²) in [5.41, 5.74) is 3.44. The van der Waals surface area contributed by atoms with Crippen molar-refractivity contribution >= 4 is 28.4 Å². The van der Waals surface area contributed by atoms with Crippen LogP contribution in [0.5, 0.6) is 0 Å². The van der Waals surface area contributed by atoms with Gasteiger partial charge in [-0.3, -0.25) is 4.79 Å². The number of amides is 1. The Morgan fingerprint density at radius 1 is 1.07 bits per heavy atom. The number of nitrogens with one attached hydrogen (secondary N) is 1. The van der Waals surface area contributed by atoms with Gasteiger partial charge in [0.05, 0.1) is 0 Å². The summed E-state index contributed by atoms with van der Waals surface area (Å²) in [5, 5.41) is 5.03. The highest BCUT2D eigenvalue weighted by molar-refractivity contribution is 6.30. The molecule has 1 N–H and O–H groups in total. The Balaban J connectivity index is 1.99. The second-order valence-corrected chi connectivity index (χ2v) is 8.06. The van der Waals surface area contributed by atoms with Crippen molar-refractivity contribution in [2.75, 3.05) is 0 Å². The molecule has 0 saturated carbocycles. The molecule has 0 aliphatic heterocycles. The molecule has 0 bridgehead atoms. The molecule has 3 rings (SSSR count). The Hall–Kier alpha value is -2.26. The third kappa shape index (κ3) is 4.36. The first-order valence-electron chi connectivity index (χ1n) is 9.45. The Morgan fingerprint density at radius 3 is 2.41 bits per heavy atom. The lowest BCUT2D eigenvalue weighted by Gasteiger charge is -2.21. The van der Waals surface area contributed by atoms with Crippen LogP contribution in [0.1, 0.15) is 44.2 Å². The first-order chi connectivity index (χ1) is 12.9. The number of halogens is 1. The van der Waals surface area contributed by atoms with E-state index in [0.717, 1.165) is 5.56 Å². The number of hydrogen-bond donors (Lipinski definition) is 1. The van der Waals surface area contributed by atoms with Crippen molar-refractivity contribution in [3.8, 4) is 0 Å². The van der Waals surface area contributed by atoms with Gasteiger partial charge >= 0.3 is 0 Å². The minimum Gasteiger partial charge on any atom is -0.353 e. The van der Waals surface area contributed by atoms with Crippen LogP contribution in [0.15, 0.2) is 54.7 Å². The van der Waals surface area contributed by atoms with Gasteiger partial charge in [-0.25, -0.2) is 0 Å². The molecule has 0 spiro atoms. The number of benzene rings is 2. The highest BCUT2D eigenvalue weighted by Gasteiger charge is 2.23. The molecular weight excluding hydrogens is 356 g/mol. The highest BCUT2D eigenvalue weighted by atomic mass is 35.5. The molecule has 142 valence electrons. The van der Waals surface area contributed by atoms with Crippen LogP contribution in [0.4, 0.5) is 0 Å². The van der Waals surface area contributed by atoms with Gasteiger partial charge in [-0.2, -0.15) is 0 Å². The minimum atomic E-state index is -0.0206. The van der Waals surface area contributed by atoms with Gasteiger partial charge in [-0.15, -0.1) is 0 Å². The quantitative estimate of drug-likeness (QED) is 0.598. The van der Waals surface area contributed by atoms with Crippen molar-refractivity contribution in [3.05, 3.63) is 70.9 Å². The Morgan fingerprint density at radius 2 is 1.74 bits per heavy atom. The summed E-state index contributed by atoms with van der Waals surface area (Å²) >= 11 is 6.09. The van der Waals surface area contributed by atoms with Gasteiger partial charge in [0.2, 0.25) is 5.91 Å². The first-order valence-corrected chi connectivity index (χ1v) is 9.83. The van der Waals surface area contributed by atoms with E-state index < -0.39 is 0 Å². The standard InChI is InChI=1S/C23H27ClN2O/c1-15(2)16(3)25-23(27)13-20(17-9-11-18(24)12-10-17)21-14-26(4)22-8-6-5-7-19(21)22/h5-12,14-16,20H,13H2,1-4H3,(H,25,27). The van der Waals surface area contributed by atoms with Gasteiger partial charge in [0, 0.05) is 47.6 Å². The second kappa shape index (κ2) is 8.18. The number of para-hydroxylation sites is 1. The molecular formula is C23H27ClN2O. The zero-order valence-corrected chi connectivity index (χ0v) is 17.1. The third-order valence-electron chi connectivity index (χ3n) is 5.35. The SMILES string of the molecule is CC(C)C(C)NC(=O)CC(c1ccc(Cl)cc1)c1cn(C)c2ccccc12. The summed E-state index contributed by atoms with van der Waals surface area (Å²) in [6.45, 7) is 6.29. The Bertz CT molecular complexity index is 927. The van der Waals surface area contributed by atoms with Crippen LogP contribution in [0.3, 0.4) is 0 Å². The summed E-state index contributed by atoms with van der Waals surface area (Å²) in [4.78, 5) is 12.8. The molecule has 0 aliphatic rings. The van der Waals surface area contributed by atoms with Gasteiger partial charge in [-0.05, 0) is 42.2 Å². The molecule has 0 radical (unpaired) electrons. The van der Waals surface area contributed by atoms with Crippen LogP contribution >= 0.6 is 11.6 Å². The highest BCUT2D eigenvalue weighted by Crippen LogP contribution is 2.35. The van der Waals surface area contributed by atoms with Crippen LogP contribution in [-0.2, 0) is 11.8 Å². The van der Waals surface area contributed by atoms with Gasteiger partial charge in [0.1, 0.15) is 0 Å². The summed E-state index contributed by atoms with van der Waals surface area (Å²) < 4.78 is 2.13. The van der Waals surface area contributed by atoms with Crippen LogP contribution in [0.25, 0.3) is 10.9 Å². The lowest BCUT2D eigenvalue weighted by molar-refractivity contribution is -0.122. The lowest BCUT2D eigenvalue weighted by atomic mass is 9.88. The van der Waals surface area contributed by atoms with E-state index in [1.54, 1.807) is 0 Å². The molecule has 2 atom stereocenters. The van der Waals surface area contributed by atoms with Crippen LogP contribution in [0.2, 0.25) is 5.02 Å². The molecule has 1 amide bonds. The van der Waals surface area contributed by atoms with Crippen LogP contribution < -0.4 is 5.32 Å². The summed E-state index contributed by atoms with van der Waals surface area (Å²) in [5.74, 6) is 0.456. The number of aromatic nitrogens is 1. The van der Waals surface area contributed by atoms with E-state index in [4.69, 9.17) is 11.6 Å². The van der Waals surface area contributed by atoms with Crippen molar-refractivity contribution in [2.45, 2.75) is 39.2 Å². The van der Waals surface area contributed by atoms with Crippen molar-refractivity contribution < 1.29 is 4.79 Å². The maximum absolute atomic E-state index is 12.8. The zero-order chi connectivity index (χ0) is 19.6. The molecule has 0 aliphatic carbocycles. The van der Waals surface area contributed by atoms with E-state index in [1.807, 2.05) is 43.4 Å². The molecule has 1 aromatic heterocycles. The second-order valence-electron chi connectivity index (χ2n) is 7.62. The molecule has 2 aromatic carbocycles. The molecule has 0 fully saturated rings. The minimum absolute atomic E-state index is 0.0206. The maximum atomic E-state index is 12.8. The van der Waals surface area contributed by atoms with Crippen molar-refractivity contribution in [1.29, 1.82) is 0 Å². The maximum Gasteiger partial charge on any atom is 0.221 e. The van der Waals surface area contributed by atoms with E-state index >= 15 is 0 Å². The monoisotopic (exact) mass is 382 g/mol. The average Bonchev–Trinajstić information content (AvgIpc) is 2.97. The number of carbonyl (C=O) groups is 1. The van der Waals surface area contributed by atoms with Gasteiger partial charge < -0.3 is 9.88 Å². The topological polar surface area (TPSA) is 34.0 Å².